The molecule has 0 aromatic heterocycles. The predicted molar refractivity (Wildman–Crippen MR) is 93.1 cm³/mol. The fourth-order valence-electron chi connectivity index (χ4n) is 2.54. The lowest BCUT2D eigenvalue weighted by Crippen LogP contribution is -2.34. The maximum Gasteiger partial charge on any atom is 0.200 e. The minimum Gasteiger partial charge on any atom is -0.478 e. The summed E-state index contributed by atoms with van der Waals surface area (Å²) in [6, 6.07) is 14.7. The third-order valence-corrected chi connectivity index (χ3v) is 5.63. The van der Waals surface area contributed by atoms with Gasteiger partial charge in [-0.05, 0) is 62.7 Å². The maximum atomic E-state index is 12.1. The second-order valence-electron chi connectivity index (χ2n) is 5.90. The molecule has 0 aliphatic carbocycles. The average molecular weight is 347 g/mol. The van der Waals surface area contributed by atoms with Crippen molar-refractivity contribution in [3.63, 3.8) is 0 Å². The topological polar surface area (TPSA) is 64.6 Å². The first-order chi connectivity index (χ1) is 11.5. The summed E-state index contributed by atoms with van der Waals surface area (Å²) in [6.45, 7) is 2.76. The fourth-order valence-corrected chi connectivity index (χ4v) is 3.90. The minimum atomic E-state index is -3.29. The molecule has 1 N–H and O–H groups in total. The van der Waals surface area contributed by atoms with Crippen LogP contribution in [0.4, 0.5) is 0 Å². The van der Waals surface area contributed by atoms with E-state index in [9.17, 15) is 8.42 Å². The zero-order valence-electron chi connectivity index (χ0n) is 13.6. The van der Waals surface area contributed by atoms with Gasteiger partial charge in [0.15, 0.2) is 5.94 Å². The Morgan fingerprint density at radius 1 is 1.00 bits per heavy atom. The smallest absolute Gasteiger partial charge is 0.200 e. The van der Waals surface area contributed by atoms with Gasteiger partial charge in [-0.3, -0.25) is 0 Å². The first kappa shape index (κ1) is 16.8. The lowest BCUT2D eigenvalue weighted by Gasteiger charge is -2.13. The normalized spacial score (nSPS) is 17.6. The molecule has 2 aromatic carbocycles. The van der Waals surface area contributed by atoms with Gasteiger partial charge in [-0.1, -0.05) is 17.7 Å². The van der Waals surface area contributed by atoms with Gasteiger partial charge in [0.1, 0.15) is 22.6 Å². The number of benzene rings is 2. The van der Waals surface area contributed by atoms with Gasteiger partial charge in [0.2, 0.25) is 9.84 Å². The van der Waals surface area contributed by atoms with Gasteiger partial charge in [0, 0.05) is 0 Å². The molecule has 24 heavy (non-hydrogen) atoms. The molecule has 0 amide bonds. The van der Waals surface area contributed by atoms with E-state index in [2.05, 4.69) is 5.32 Å². The standard InChI is InChI=1S/C18H21NO4S/c1-14-4-6-16(7-5-14)23-17-10-8-15(9-11-17)22-13-24(20,21)18-3-2-12-19-18/h4-11,18-19H,2-3,12-13H2,1H3/t18-/m0/s1. The second-order valence-corrected chi connectivity index (χ2v) is 8.03. The average Bonchev–Trinajstić information content (AvgIpc) is 3.12. The molecule has 1 saturated heterocycles. The Balaban J connectivity index is 1.57. The van der Waals surface area contributed by atoms with E-state index in [0.29, 0.717) is 17.9 Å². The van der Waals surface area contributed by atoms with E-state index >= 15 is 0 Å². The zero-order chi connectivity index (χ0) is 17.0. The zero-order valence-corrected chi connectivity index (χ0v) is 14.4. The molecule has 5 nitrogen and oxygen atoms in total. The van der Waals surface area contributed by atoms with Crippen LogP contribution in [0.25, 0.3) is 0 Å². The van der Waals surface area contributed by atoms with Crippen LogP contribution in [0.2, 0.25) is 0 Å². The molecule has 1 fully saturated rings. The Labute approximate surface area is 142 Å². The van der Waals surface area contributed by atoms with Gasteiger partial charge in [0.25, 0.3) is 0 Å². The lowest BCUT2D eigenvalue weighted by atomic mass is 10.2. The van der Waals surface area contributed by atoms with Crippen molar-refractivity contribution in [2.24, 2.45) is 0 Å². The Bertz CT molecular complexity index is 764. The van der Waals surface area contributed by atoms with Crippen molar-refractivity contribution in [1.29, 1.82) is 0 Å². The molecule has 0 unspecified atom stereocenters. The van der Waals surface area contributed by atoms with Crippen molar-refractivity contribution in [2.45, 2.75) is 25.1 Å². The number of rotatable bonds is 6. The first-order valence-electron chi connectivity index (χ1n) is 7.95. The van der Waals surface area contributed by atoms with E-state index in [-0.39, 0.29) is 5.94 Å². The van der Waals surface area contributed by atoms with Crippen LogP contribution in [0.15, 0.2) is 48.5 Å². The van der Waals surface area contributed by atoms with Crippen LogP contribution in [-0.2, 0) is 9.84 Å². The number of ether oxygens (including phenoxy) is 2. The van der Waals surface area contributed by atoms with Crippen molar-refractivity contribution in [3.05, 3.63) is 54.1 Å². The Morgan fingerprint density at radius 3 is 2.17 bits per heavy atom. The van der Waals surface area contributed by atoms with Gasteiger partial charge in [-0.15, -0.1) is 0 Å². The molecule has 1 atom stereocenters. The molecule has 6 heteroatoms. The van der Waals surface area contributed by atoms with Gasteiger partial charge in [-0.2, -0.15) is 0 Å². The summed E-state index contributed by atoms with van der Waals surface area (Å²) in [5, 5.41) is 2.50. The van der Waals surface area contributed by atoms with E-state index in [1.807, 2.05) is 31.2 Å². The number of sulfone groups is 1. The van der Waals surface area contributed by atoms with Crippen LogP contribution >= 0.6 is 0 Å². The molecular formula is C18H21NO4S. The highest BCUT2D eigenvalue weighted by atomic mass is 32.2. The Kier molecular flexibility index (Phi) is 5.06. The molecule has 0 radical (unpaired) electrons. The number of hydrogen-bond donors (Lipinski definition) is 1. The van der Waals surface area contributed by atoms with Crippen LogP contribution in [0.3, 0.4) is 0 Å². The molecule has 1 aliphatic heterocycles. The van der Waals surface area contributed by atoms with Crippen LogP contribution in [0, 0.1) is 6.92 Å². The van der Waals surface area contributed by atoms with Crippen molar-refractivity contribution >= 4 is 9.84 Å². The van der Waals surface area contributed by atoms with E-state index in [1.54, 1.807) is 24.3 Å². The fraction of sp³-hybridized carbons (Fsp3) is 0.333. The second kappa shape index (κ2) is 7.23. The molecular weight excluding hydrogens is 326 g/mol. The summed E-state index contributed by atoms with van der Waals surface area (Å²) < 4.78 is 35.4. The summed E-state index contributed by atoms with van der Waals surface area (Å²) in [5.41, 5.74) is 1.17. The highest BCUT2D eigenvalue weighted by Gasteiger charge is 2.28. The SMILES string of the molecule is Cc1ccc(Oc2ccc(OCS(=O)(=O)[C@H]3CCCN3)cc2)cc1. The molecule has 0 bridgehead atoms. The van der Waals surface area contributed by atoms with Crippen molar-refractivity contribution < 1.29 is 17.9 Å². The quantitative estimate of drug-likeness (QED) is 0.869. The summed E-state index contributed by atoms with van der Waals surface area (Å²) in [7, 11) is -3.29. The van der Waals surface area contributed by atoms with E-state index < -0.39 is 15.2 Å². The molecule has 128 valence electrons. The van der Waals surface area contributed by atoms with Crippen LogP contribution in [0.1, 0.15) is 18.4 Å². The highest BCUT2D eigenvalue weighted by molar-refractivity contribution is 7.91. The largest absolute Gasteiger partial charge is 0.478 e. The highest BCUT2D eigenvalue weighted by Crippen LogP contribution is 2.24. The molecule has 1 aliphatic rings. The summed E-state index contributed by atoms with van der Waals surface area (Å²) in [6.07, 6.45) is 1.53. The van der Waals surface area contributed by atoms with Crippen molar-refractivity contribution in [3.8, 4) is 17.2 Å². The predicted octanol–water partition coefficient (Wildman–Crippen LogP) is 3.25. The third kappa shape index (κ3) is 4.27. The monoisotopic (exact) mass is 347 g/mol. The lowest BCUT2D eigenvalue weighted by molar-refractivity contribution is 0.372. The Hall–Kier alpha value is -2.05. The third-order valence-electron chi connectivity index (χ3n) is 3.92. The van der Waals surface area contributed by atoms with E-state index in [0.717, 1.165) is 18.7 Å². The number of nitrogens with one attached hydrogen (secondary N) is 1. The molecule has 0 saturated carbocycles. The molecule has 3 rings (SSSR count). The van der Waals surface area contributed by atoms with Crippen LogP contribution in [-0.4, -0.2) is 26.3 Å². The van der Waals surface area contributed by atoms with E-state index in [4.69, 9.17) is 9.47 Å². The number of aryl methyl sites for hydroxylation is 1. The van der Waals surface area contributed by atoms with Gasteiger partial charge in [0.05, 0.1) is 0 Å². The summed E-state index contributed by atoms with van der Waals surface area (Å²) in [4.78, 5) is 0. The van der Waals surface area contributed by atoms with Crippen molar-refractivity contribution in [2.75, 3.05) is 12.5 Å². The molecule has 2 aromatic rings. The summed E-state index contributed by atoms with van der Waals surface area (Å²) >= 11 is 0. The maximum absolute atomic E-state index is 12.1. The Morgan fingerprint density at radius 2 is 1.58 bits per heavy atom. The summed E-state index contributed by atoms with van der Waals surface area (Å²) in [5.74, 6) is 1.62. The minimum absolute atomic E-state index is 0.317. The van der Waals surface area contributed by atoms with Gasteiger partial charge in [-0.25, -0.2) is 8.42 Å². The first-order valence-corrected chi connectivity index (χ1v) is 9.67. The van der Waals surface area contributed by atoms with Crippen molar-refractivity contribution in [1.82, 2.24) is 5.32 Å². The number of hydrogen-bond acceptors (Lipinski definition) is 5. The van der Waals surface area contributed by atoms with Gasteiger partial charge < -0.3 is 14.8 Å². The van der Waals surface area contributed by atoms with E-state index in [1.165, 1.54) is 5.56 Å². The molecule has 0 spiro atoms. The van der Waals surface area contributed by atoms with Crippen LogP contribution < -0.4 is 14.8 Å². The van der Waals surface area contributed by atoms with Gasteiger partial charge >= 0.3 is 0 Å². The van der Waals surface area contributed by atoms with Crippen LogP contribution in [0.5, 0.6) is 17.2 Å². The molecule has 1 heterocycles.